The Morgan fingerprint density at radius 3 is 2.14 bits per heavy atom. The van der Waals surface area contributed by atoms with Crippen molar-refractivity contribution >= 4 is 0 Å². The van der Waals surface area contributed by atoms with Gasteiger partial charge in [0.2, 0.25) is 0 Å². The molecule has 0 unspecified atom stereocenters. The van der Waals surface area contributed by atoms with Crippen LogP contribution in [0.15, 0.2) is 0 Å². The zero-order valence-electron chi connectivity index (χ0n) is 4.31. The zero-order chi connectivity index (χ0) is 4.74. The molecule has 1 saturated heterocycles. The fourth-order valence-corrected chi connectivity index (χ4v) is 1.21. The zero-order valence-corrected chi connectivity index (χ0v) is 4.31. The van der Waals surface area contributed by atoms with Gasteiger partial charge in [-0.3, -0.25) is 0 Å². The van der Waals surface area contributed by atoms with Gasteiger partial charge in [0.1, 0.15) is 0 Å². The molecule has 1 radical (unpaired) electrons. The Kier molecular flexibility index (Phi) is 0.571. The van der Waals surface area contributed by atoms with Gasteiger partial charge in [-0.2, -0.15) is 0 Å². The third kappa shape index (κ3) is 0.367. The summed E-state index contributed by atoms with van der Waals surface area (Å²) in [6.45, 7) is 1.92. The molecule has 0 N–H and O–H groups in total. The van der Waals surface area contributed by atoms with E-state index in [2.05, 4.69) is 0 Å². The Hall–Kier alpha value is -0.0400. The smallest absolute Gasteiger partial charge is 0.0873 e. The molecule has 0 amide bonds. The van der Waals surface area contributed by atoms with Crippen LogP contribution in [0.4, 0.5) is 0 Å². The van der Waals surface area contributed by atoms with Crippen LogP contribution in [0.2, 0.25) is 0 Å². The van der Waals surface area contributed by atoms with Gasteiger partial charge in [0, 0.05) is 6.42 Å². The summed E-state index contributed by atoms with van der Waals surface area (Å²) in [6.07, 6.45) is 5.22. The van der Waals surface area contributed by atoms with E-state index in [1.54, 1.807) is 0 Å². The summed E-state index contributed by atoms with van der Waals surface area (Å²) < 4.78 is 5.23. The van der Waals surface area contributed by atoms with Gasteiger partial charge < -0.3 is 4.74 Å². The normalized spacial score (nSPS) is 34.3. The van der Waals surface area contributed by atoms with Crippen LogP contribution >= 0.6 is 0 Å². The molecule has 1 nitrogen and oxygen atoms in total. The third-order valence-electron chi connectivity index (χ3n) is 2.05. The van der Waals surface area contributed by atoms with Gasteiger partial charge in [0.25, 0.3) is 0 Å². The summed E-state index contributed by atoms with van der Waals surface area (Å²) in [5.41, 5.74) is 0.389. The monoisotopic (exact) mass is 97.1 g/mol. The second kappa shape index (κ2) is 1.03. The number of rotatable bonds is 0. The van der Waals surface area contributed by atoms with E-state index in [1.165, 1.54) is 25.7 Å². The maximum absolute atomic E-state index is 5.23. The minimum absolute atomic E-state index is 0.389. The van der Waals surface area contributed by atoms with E-state index >= 15 is 0 Å². The highest BCUT2D eigenvalue weighted by Crippen LogP contribution is 2.46. The highest BCUT2D eigenvalue weighted by atomic mass is 16.5. The van der Waals surface area contributed by atoms with Crippen molar-refractivity contribution < 1.29 is 4.74 Å². The molecule has 7 heavy (non-hydrogen) atoms. The van der Waals surface area contributed by atoms with Crippen LogP contribution < -0.4 is 0 Å². The van der Waals surface area contributed by atoms with Gasteiger partial charge in [-0.15, -0.1) is 0 Å². The van der Waals surface area contributed by atoms with Crippen molar-refractivity contribution in [3.63, 3.8) is 0 Å². The maximum Gasteiger partial charge on any atom is 0.0873 e. The number of hydrogen-bond donors (Lipinski definition) is 0. The number of ether oxygens (including phenoxy) is 1. The van der Waals surface area contributed by atoms with Gasteiger partial charge in [0.05, 0.1) is 12.2 Å². The lowest BCUT2D eigenvalue weighted by Gasteiger charge is -2.48. The first-order valence-corrected chi connectivity index (χ1v) is 2.91. The van der Waals surface area contributed by atoms with E-state index in [4.69, 9.17) is 4.74 Å². The van der Waals surface area contributed by atoms with Gasteiger partial charge in [-0.05, 0) is 19.3 Å². The van der Waals surface area contributed by atoms with Crippen molar-refractivity contribution in [2.45, 2.75) is 31.3 Å². The molecule has 1 spiro atoms. The molecule has 2 rings (SSSR count). The lowest BCUT2D eigenvalue weighted by Crippen LogP contribution is -2.46. The van der Waals surface area contributed by atoms with Crippen LogP contribution in [0.3, 0.4) is 0 Å². The minimum atomic E-state index is 0.389. The predicted molar refractivity (Wildman–Crippen MR) is 26.6 cm³/mol. The van der Waals surface area contributed by atoms with Crippen LogP contribution in [0.1, 0.15) is 25.7 Å². The highest BCUT2D eigenvalue weighted by Gasteiger charge is 2.43. The van der Waals surface area contributed by atoms with Crippen molar-refractivity contribution in [1.29, 1.82) is 0 Å². The Labute approximate surface area is 43.7 Å². The average Bonchev–Trinajstić information content (AvgIpc) is 1.20. The molecule has 0 aromatic rings. The van der Waals surface area contributed by atoms with Crippen LogP contribution in [0.5, 0.6) is 0 Å². The topological polar surface area (TPSA) is 9.23 Å². The molecule has 0 bridgehead atoms. The summed E-state index contributed by atoms with van der Waals surface area (Å²) in [7, 11) is 0. The molecule has 1 aliphatic heterocycles. The first kappa shape index (κ1) is 3.90. The second-order valence-corrected chi connectivity index (χ2v) is 2.53. The van der Waals surface area contributed by atoms with Crippen molar-refractivity contribution in [3.05, 3.63) is 6.61 Å². The highest BCUT2D eigenvalue weighted by molar-refractivity contribution is 4.99. The van der Waals surface area contributed by atoms with Crippen LogP contribution in [-0.2, 0) is 4.74 Å². The molecule has 1 heterocycles. The van der Waals surface area contributed by atoms with Crippen LogP contribution in [0, 0.1) is 6.61 Å². The van der Waals surface area contributed by atoms with Crippen molar-refractivity contribution in [2.75, 3.05) is 0 Å². The summed E-state index contributed by atoms with van der Waals surface area (Å²) >= 11 is 0. The first-order chi connectivity index (χ1) is 3.41. The van der Waals surface area contributed by atoms with Gasteiger partial charge >= 0.3 is 0 Å². The molecule has 1 aliphatic carbocycles. The van der Waals surface area contributed by atoms with E-state index in [-0.39, 0.29) is 0 Å². The molecular formula is C6H9O. The largest absolute Gasteiger partial charge is 0.369 e. The second-order valence-electron chi connectivity index (χ2n) is 2.53. The maximum atomic E-state index is 5.23. The molecule has 2 aliphatic rings. The quantitative estimate of drug-likeness (QED) is 0.445. The van der Waals surface area contributed by atoms with Gasteiger partial charge in [-0.25, -0.2) is 0 Å². The molecule has 1 saturated carbocycles. The Balaban J connectivity index is 2.00. The SMILES string of the molecule is [CH]1CC2(CCC2)O1. The van der Waals surface area contributed by atoms with Crippen LogP contribution in [-0.4, -0.2) is 5.60 Å². The summed E-state index contributed by atoms with van der Waals surface area (Å²) in [5.74, 6) is 0. The molecule has 1 heteroatoms. The van der Waals surface area contributed by atoms with Crippen molar-refractivity contribution in [3.8, 4) is 0 Å². The predicted octanol–water partition coefficient (Wildman–Crippen LogP) is 1.49. The molecule has 0 aromatic heterocycles. The van der Waals surface area contributed by atoms with E-state index < -0.39 is 0 Å². The lowest BCUT2D eigenvalue weighted by atomic mass is 9.75. The lowest BCUT2D eigenvalue weighted by molar-refractivity contribution is -0.148. The molecule has 39 valence electrons. The summed E-state index contributed by atoms with van der Waals surface area (Å²) in [5, 5.41) is 0. The van der Waals surface area contributed by atoms with Gasteiger partial charge in [-0.1, -0.05) is 0 Å². The molecule has 2 fully saturated rings. The van der Waals surface area contributed by atoms with E-state index in [1.807, 2.05) is 6.61 Å². The fourth-order valence-electron chi connectivity index (χ4n) is 1.21. The van der Waals surface area contributed by atoms with Crippen LogP contribution in [0.25, 0.3) is 0 Å². The Morgan fingerprint density at radius 2 is 2.14 bits per heavy atom. The Morgan fingerprint density at radius 1 is 1.43 bits per heavy atom. The van der Waals surface area contributed by atoms with E-state index in [0.717, 1.165) is 0 Å². The standard InChI is InChI=1S/C6H9O/c1-2-6(3-1)4-5-7-6/h5H,1-4H2. The average molecular weight is 97.1 g/mol. The van der Waals surface area contributed by atoms with Gasteiger partial charge in [0.15, 0.2) is 0 Å². The first-order valence-electron chi connectivity index (χ1n) is 2.91. The third-order valence-corrected chi connectivity index (χ3v) is 2.05. The summed E-state index contributed by atoms with van der Waals surface area (Å²) in [6, 6.07) is 0. The van der Waals surface area contributed by atoms with Crippen molar-refractivity contribution in [2.24, 2.45) is 0 Å². The molecule has 0 atom stereocenters. The number of hydrogen-bond acceptors (Lipinski definition) is 1. The summed E-state index contributed by atoms with van der Waals surface area (Å²) in [4.78, 5) is 0. The van der Waals surface area contributed by atoms with E-state index in [0.29, 0.717) is 5.60 Å². The fraction of sp³-hybridized carbons (Fsp3) is 0.833. The minimum Gasteiger partial charge on any atom is -0.369 e. The molecule has 0 aromatic carbocycles. The Bertz CT molecular complexity index is 64.7. The van der Waals surface area contributed by atoms with E-state index in [9.17, 15) is 0 Å². The van der Waals surface area contributed by atoms with Crippen molar-refractivity contribution in [1.82, 2.24) is 0 Å². The molecular weight excluding hydrogens is 88.1 g/mol.